The second kappa shape index (κ2) is 17.3. The summed E-state index contributed by atoms with van der Waals surface area (Å²) >= 11 is 0. The van der Waals surface area contributed by atoms with Crippen LogP contribution >= 0.6 is 0 Å². The molecule has 1 fully saturated rings. The van der Waals surface area contributed by atoms with Gasteiger partial charge in [-0.3, -0.25) is 14.7 Å². The van der Waals surface area contributed by atoms with Crippen molar-refractivity contribution in [2.75, 3.05) is 56.7 Å². The van der Waals surface area contributed by atoms with Crippen LogP contribution in [-0.4, -0.2) is 84.4 Å². The molecule has 11 heteroatoms. The number of anilines is 3. The maximum Gasteiger partial charge on any atom is 0.416 e. The van der Waals surface area contributed by atoms with Crippen molar-refractivity contribution in [3.8, 4) is 11.5 Å². The molecule has 0 spiro atoms. The van der Waals surface area contributed by atoms with Crippen molar-refractivity contribution in [2.24, 2.45) is 11.8 Å². The molecule has 2 unspecified atom stereocenters. The molecule has 1 aliphatic rings. The van der Waals surface area contributed by atoms with Crippen molar-refractivity contribution in [1.29, 1.82) is 0 Å². The topological polar surface area (TPSA) is 92.3 Å². The number of nitrogens with zero attached hydrogens (tertiary/aromatic N) is 5. The summed E-state index contributed by atoms with van der Waals surface area (Å²) in [4.78, 5) is 29.0. The van der Waals surface area contributed by atoms with Crippen LogP contribution in [0.25, 0.3) is 0 Å². The molecule has 256 valence electrons. The quantitative estimate of drug-likeness (QED) is 0.187. The summed E-state index contributed by atoms with van der Waals surface area (Å²) < 4.78 is 32.3. The van der Waals surface area contributed by atoms with Gasteiger partial charge in [-0.05, 0) is 61.6 Å². The standard InChI is InChI=1S/C36H51FN6O4/c1-8-27(6)34(25(2)3)47-36(44)43(24-28-10-9-11-30(22-28)45-7)33-14-15-38-35(40-33)39-29-12-13-32(31(37)23-29)46-21-20-41-16-18-42(19-17-41)26(4)5/h9-15,22-23,25-27,34H,8,16-21,24H2,1-7H3,(H,38,39,40). The molecule has 1 aromatic heterocycles. The van der Waals surface area contributed by atoms with Gasteiger partial charge in [-0.1, -0.05) is 46.2 Å². The molecule has 0 bridgehead atoms. The fraction of sp³-hybridized carbons (Fsp3) is 0.528. The van der Waals surface area contributed by atoms with Crippen molar-refractivity contribution in [2.45, 2.75) is 66.7 Å². The predicted octanol–water partition coefficient (Wildman–Crippen LogP) is 6.99. The van der Waals surface area contributed by atoms with Gasteiger partial charge in [0.05, 0.1) is 13.7 Å². The molecule has 0 saturated carbocycles. The Hall–Kier alpha value is -3.96. The molecule has 47 heavy (non-hydrogen) atoms. The minimum absolute atomic E-state index is 0.137. The van der Waals surface area contributed by atoms with Gasteiger partial charge in [0, 0.05) is 56.7 Å². The van der Waals surface area contributed by atoms with Crippen LogP contribution in [0.2, 0.25) is 0 Å². The van der Waals surface area contributed by atoms with Crippen LogP contribution in [0.1, 0.15) is 53.5 Å². The minimum atomic E-state index is -0.509. The molecule has 2 atom stereocenters. The van der Waals surface area contributed by atoms with E-state index in [1.165, 1.54) is 11.0 Å². The normalized spacial score (nSPS) is 15.4. The van der Waals surface area contributed by atoms with E-state index in [1.807, 2.05) is 38.1 Å². The van der Waals surface area contributed by atoms with Gasteiger partial charge in [-0.15, -0.1) is 0 Å². The number of halogens is 1. The van der Waals surface area contributed by atoms with Gasteiger partial charge >= 0.3 is 6.09 Å². The molecule has 0 aliphatic carbocycles. The van der Waals surface area contributed by atoms with Crippen molar-refractivity contribution in [3.05, 3.63) is 66.1 Å². The zero-order valence-corrected chi connectivity index (χ0v) is 28.9. The van der Waals surface area contributed by atoms with Crippen molar-refractivity contribution < 1.29 is 23.4 Å². The zero-order valence-electron chi connectivity index (χ0n) is 28.9. The fourth-order valence-electron chi connectivity index (χ4n) is 5.69. The molecular formula is C36H51FN6O4. The van der Waals surface area contributed by atoms with E-state index in [4.69, 9.17) is 14.2 Å². The highest BCUT2D eigenvalue weighted by molar-refractivity contribution is 5.86. The zero-order chi connectivity index (χ0) is 33.9. The summed E-state index contributed by atoms with van der Waals surface area (Å²) in [5, 5.41) is 3.07. The monoisotopic (exact) mass is 650 g/mol. The third kappa shape index (κ3) is 10.3. The molecule has 0 radical (unpaired) electrons. The van der Waals surface area contributed by atoms with Crippen LogP contribution in [0, 0.1) is 17.7 Å². The van der Waals surface area contributed by atoms with E-state index in [2.05, 4.69) is 52.8 Å². The number of hydrogen-bond donors (Lipinski definition) is 1. The van der Waals surface area contributed by atoms with Crippen LogP contribution in [0.4, 0.5) is 26.6 Å². The molecule has 1 aliphatic heterocycles. The number of amides is 1. The van der Waals surface area contributed by atoms with Crippen molar-refractivity contribution >= 4 is 23.5 Å². The summed E-state index contributed by atoms with van der Waals surface area (Å²) in [5.74, 6) is 1.26. The summed E-state index contributed by atoms with van der Waals surface area (Å²) in [5.41, 5.74) is 1.30. The number of nitrogens with one attached hydrogen (secondary N) is 1. The van der Waals surface area contributed by atoms with Crippen molar-refractivity contribution in [3.63, 3.8) is 0 Å². The van der Waals surface area contributed by atoms with E-state index < -0.39 is 11.9 Å². The summed E-state index contributed by atoms with van der Waals surface area (Å²) in [6.45, 7) is 18.1. The number of benzene rings is 2. The lowest BCUT2D eigenvalue weighted by atomic mass is 9.93. The Bertz CT molecular complexity index is 1430. The molecule has 1 N–H and O–H groups in total. The molecular weight excluding hydrogens is 599 g/mol. The number of hydrogen-bond acceptors (Lipinski definition) is 9. The van der Waals surface area contributed by atoms with E-state index in [0.717, 1.165) is 44.7 Å². The van der Waals surface area contributed by atoms with Gasteiger partial charge in [0.15, 0.2) is 11.6 Å². The third-order valence-corrected chi connectivity index (χ3v) is 8.70. The lowest BCUT2D eigenvalue weighted by Crippen LogP contribution is -2.49. The highest BCUT2D eigenvalue weighted by Crippen LogP contribution is 2.27. The van der Waals surface area contributed by atoms with E-state index in [-0.39, 0.29) is 36.2 Å². The first-order valence-corrected chi connectivity index (χ1v) is 16.7. The molecule has 3 aromatic rings. The lowest BCUT2D eigenvalue weighted by molar-refractivity contribution is 0.0402. The Morgan fingerprint density at radius 3 is 2.47 bits per heavy atom. The van der Waals surface area contributed by atoms with Gasteiger partial charge in [0.1, 0.15) is 24.3 Å². The number of piperazine rings is 1. The van der Waals surface area contributed by atoms with E-state index in [1.54, 1.807) is 31.5 Å². The Kier molecular flexibility index (Phi) is 13.2. The van der Waals surface area contributed by atoms with Crippen LogP contribution in [-0.2, 0) is 11.3 Å². The molecule has 4 rings (SSSR count). The predicted molar refractivity (Wildman–Crippen MR) is 184 cm³/mol. The van der Waals surface area contributed by atoms with Crippen LogP contribution < -0.4 is 19.7 Å². The van der Waals surface area contributed by atoms with Gasteiger partial charge in [0.25, 0.3) is 0 Å². The molecule has 2 aromatic carbocycles. The SMILES string of the molecule is CCC(C)C(OC(=O)N(Cc1cccc(OC)c1)c1ccnc(Nc2ccc(OCCN3CCN(C(C)C)CC3)c(F)c2)n1)C(C)C. The number of rotatable bonds is 15. The second-order valence-electron chi connectivity index (χ2n) is 12.7. The first-order chi connectivity index (χ1) is 22.6. The van der Waals surface area contributed by atoms with Gasteiger partial charge in [-0.2, -0.15) is 4.98 Å². The van der Waals surface area contributed by atoms with E-state index >= 15 is 4.39 Å². The Morgan fingerprint density at radius 1 is 1.04 bits per heavy atom. The summed E-state index contributed by atoms with van der Waals surface area (Å²) in [7, 11) is 1.60. The maximum absolute atomic E-state index is 15.1. The third-order valence-electron chi connectivity index (χ3n) is 8.70. The van der Waals surface area contributed by atoms with Gasteiger partial charge in [-0.25, -0.2) is 14.2 Å². The number of ether oxygens (including phenoxy) is 3. The highest BCUT2D eigenvalue weighted by Gasteiger charge is 2.28. The smallest absolute Gasteiger partial charge is 0.416 e. The van der Waals surface area contributed by atoms with Gasteiger partial charge < -0.3 is 19.5 Å². The fourth-order valence-corrected chi connectivity index (χ4v) is 5.69. The number of carbonyl (C=O) groups excluding carboxylic acids is 1. The van der Waals surface area contributed by atoms with Crippen LogP contribution in [0.15, 0.2) is 54.7 Å². The van der Waals surface area contributed by atoms with E-state index in [0.29, 0.717) is 29.9 Å². The molecule has 1 saturated heterocycles. The highest BCUT2D eigenvalue weighted by atomic mass is 19.1. The minimum Gasteiger partial charge on any atom is -0.497 e. The van der Waals surface area contributed by atoms with E-state index in [9.17, 15) is 4.79 Å². The lowest BCUT2D eigenvalue weighted by Gasteiger charge is -2.36. The Labute approximate surface area is 279 Å². The van der Waals surface area contributed by atoms with Crippen LogP contribution in [0.5, 0.6) is 11.5 Å². The largest absolute Gasteiger partial charge is 0.497 e. The number of methoxy groups -OCH3 is 1. The Morgan fingerprint density at radius 2 is 1.81 bits per heavy atom. The molecule has 10 nitrogen and oxygen atoms in total. The van der Waals surface area contributed by atoms with Crippen molar-refractivity contribution in [1.82, 2.24) is 19.8 Å². The second-order valence-corrected chi connectivity index (χ2v) is 12.7. The number of carbonyl (C=O) groups is 1. The van der Waals surface area contributed by atoms with Crippen LogP contribution in [0.3, 0.4) is 0 Å². The maximum atomic E-state index is 15.1. The average Bonchev–Trinajstić information content (AvgIpc) is 3.07. The summed E-state index contributed by atoms with van der Waals surface area (Å²) in [6, 6.07) is 14.4. The van der Waals surface area contributed by atoms with Gasteiger partial charge in [0.2, 0.25) is 5.95 Å². The molecule has 1 amide bonds. The summed E-state index contributed by atoms with van der Waals surface area (Å²) in [6.07, 6.45) is 1.66. The molecule has 2 heterocycles. The first-order valence-electron chi connectivity index (χ1n) is 16.7. The first kappa shape index (κ1) is 35.9. The number of aromatic nitrogens is 2. The Balaban J connectivity index is 1.45. The average molecular weight is 651 g/mol.